The molecule has 1 aromatic rings. The molecule has 0 radical (unpaired) electrons. The maximum atomic E-state index is 12.9. The normalized spacial score (nSPS) is 24.0. The molecule has 1 aromatic carbocycles. The summed E-state index contributed by atoms with van der Waals surface area (Å²) >= 11 is 3.20. The smallest absolute Gasteiger partial charge is 0.369 e. The van der Waals surface area contributed by atoms with Crippen molar-refractivity contribution in [1.29, 1.82) is 0 Å². The largest absolute Gasteiger partial charge is 0.416 e. The predicted octanol–water partition coefficient (Wildman–Crippen LogP) is 4.14. The van der Waals surface area contributed by atoms with Gasteiger partial charge in [0.2, 0.25) is 0 Å². The molecule has 0 aromatic heterocycles. The van der Waals surface area contributed by atoms with E-state index in [0.717, 1.165) is 38.7 Å². The lowest BCUT2D eigenvalue weighted by Crippen LogP contribution is -2.54. The van der Waals surface area contributed by atoms with E-state index < -0.39 is 11.7 Å². The number of alkyl halides is 3. The van der Waals surface area contributed by atoms with Gasteiger partial charge in [-0.15, -0.1) is 0 Å². The average Bonchev–Trinajstić information content (AvgIpc) is 2.45. The number of anilines is 1. The highest BCUT2D eigenvalue weighted by atomic mass is 79.9. The van der Waals surface area contributed by atoms with E-state index in [9.17, 15) is 13.2 Å². The first kappa shape index (κ1) is 15.2. The van der Waals surface area contributed by atoms with Crippen LogP contribution in [-0.2, 0) is 6.18 Å². The Morgan fingerprint density at radius 3 is 2.62 bits per heavy atom. The van der Waals surface area contributed by atoms with Crippen molar-refractivity contribution in [3.63, 3.8) is 0 Å². The molecule has 2 nitrogen and oxygen atoms in total. The molecule has 2 aliphatic heterocycles. The minimum Gasteiger partial charge on any atom is -0.369 e. The molecule has 0 bridgehead atoms. The van der Waals surface area contributed by atoms with Gasteiger partial charge in [0.05, 0.1) is 5.56 Å². The highest BCUT2D eigenvalue weighted by Gasteiger charge is 2.33. The first-order valence-electron chi connectivity index (χ1n) is 7.30. The lowest BCUT2D eigenvalue weighted by Gasteiger charge is -2.45. The first-order chi connectivity index (χ1) is 9.93. The molecule has 116 valence electrons. The van der Waals surface area contributed by atoms with Crippen LogP contribution in [0.1, 0.15) is 24.8 Å². The Morgan fingerprint density at radius 1 is 1.05 bits per heavy atom. The van der Waals surface area contributed by atoms with E-state index in [1.807, 2.05) is 0 Å². The molecule has 0 saturated carbocycles. The number of piperidine rings is 1. The van der Waals surface area contributed by atoms with E-state index in [-0.39, 0.29) is 0 Å². The molecule has 0 amide bonds. The average molecular weight is 363 g/mol. The minimum absolute atomic E-state index is 0.485. The molecule has 0 N–H and O–H groups in total. The summed E-state index contributed by atoms with van der Waals surface area (Å²) in [4.78, 5) is 4.56. The van der Waals surface area contributed by atoms with Crippen molar-refractivity contribution in [2.75, 3.05) is 31.1 Å². The molecule has 1 atom stereocenters. The van der Waals surface area contributed by atoms with Gasteiger partial charge in [0.25, 0.3) is 0 Å². The van der Waals surface area contributed by atoms with Gasteiger partial charge in [0.15, 0.2) is 0 Å². The number of hydrogen-bond acceptors (Lipinski definition) is 2. The van der Waals surface area contributed by atoms with Crippen LogP contribution >= 0.6 is 15.9 Å². The van der Waals surface area contributed by atoms with Gasteiger partial charge in [-0.25, -0.2) is 0 Å². The first-order valence-corrected chi connectivity index (χ1v) is 8.09. The molecular weight excluding hydrogens is 345 g/mol. The van der Waals surface area contributed by atoms with Gasteiger partial charge in [-0.3, -0.25) is 4.90 Å². The quantitative estimate of drug-likeness (QED) is 0.740. The van der Waals surface area contributed by atoms with Crippen LogP contribution in [0.25, 0.3) is 0 Å². The summed E-state index contributed by atoms with van der Waals surface area (Å²) < 4.78 is 39.3. The molecule has 0 aliphatic carbocycles. The van der Waals surface area contributed by atoms with Crippen LogP contribution < -0.4 is 4.90 Å². The maximum Gasteiger partial charge on any atom is 0.416 e. The van der Waals surface area contributed by atoms with Gasteiger partial charge >= 0.3 is 6.18 Å². The fraction of sp³-hybridized carbons (Fsp3) is 0.600. The van der Waals surface area contributed by atoms with Gasteiger partial charge in [-0.1, -0.05) is 22.4 Å². The van der Waals surface area contributed by atoms with Crippen molar-refractivity contribution in [2.24, 2.45) is 0 Å². The number of nitrogens with zero attached hydrogens (tertiary/aromatic N) is 2. The Labute approximate surface area is 131 Å². The van der Waals surface area contributed by atoms with Gasteiger partial charge < -0.3 is 4.90 Å². The van der Waals surface area contributed by atoms with E-state index in [1.54, 1.807) is 6.07 Å². The van der Waals surface area contributed by atoms with Crippen molar-refractivity contribution >= 4 is 21.6 Å². The zero-order chi connectivity index (χ0) is 15.0. The summed E-state index contributed by atoms with van der Waals surface area (Å²) in [5, 5.41) is 0. The third kappa shape index (κ3) is 3.37. The molecule has 2 saturated heterocycles. The summed E-state index contributed by atoms with van der Waals surface area (Å²) in [6, 6.07) is 4.68. The number of piperazine rings is 1. The molecule has 21 heavy (non-hydrogen) atoms. The van der Waals surface area contributed by atoms with Crippen molar-refractivity contribution in [1.82, 2.24) is 4.90 Å². The number of rotatable bonds is 1. The van der Waals surface area contributed by atoms with Crippen LogP contribution in [0, 0.1) is 0 Å². The second-order valence-electron chi connectivity index (χ2n) is 5.83. The van der Waals surface area contributed by atoms with E-state index in [0.29, 0.717) is 16.2 Å². The molecule has 2 fully saturated rings. The molecule has 6 heteroatoms. The Kier molecular flexibility index (Phi) is 4.19. The summed E-state index contributed by atoms with van der Waals surface area (Å²) in [5.41, 5.74) is 0.0832. The van der Waals surface area contributed by atoms with Crippen LogP contribution in [0.15, 0.2) is 22.7 Å². The molecule has 0 spiro atoms. The SMILES string of the molecule is FC(F)(F)c1cc(Br)cc(N2CCN3CCCCC3C2)c1. The Balaban J connectivity index is 1.82. The highest BCUT2D eigenvalue weighted by Crippen LogP contribution is 2.35. The van der Waals surface area contributed by atoms with E-state index in [2.05, 4.69) is 25.7 Å². The van der Waals surface area contributed by atoms with Crippen LogP contribution in [0.3, 0.4) is 0 Å². The summed E-state index contributed by atoms with van der Waals surface area (Å²) in [5.74, 6) is 0. The third-order valence-corrected chi connectivity index (χ3v) is 4.87. The lowest BCUT2D eigenvalue weighted by molar-refractivity contribution is -0.137. The van der Waals surface area contributed by atoms with Crippen LogP contribution in [0.2, 0.25) is 0 Å². The second kappa shape index (κ2) is 5.80. The minimum atomic E-state index is -4.30. The summed E-state index contributed by atoms with van der Waals surface area (Å²) in [7, 11) is 0. The number of benzene rings is 1. The second-order valence-corrected chi connectivity index (χ2v) is 6.74. The monoisotopic (exact) mass is 362 g/mol. The van der Waals surface area contributed by atoms with Crippen molar-refractivity contribution in [3.8, 4) is 0 Å². The maximum absolute atomic E-state index is 12.9. The lowest BCUT2D eigenvalue weighted by atomic mass is 9.99. The molecule has 3 rings (SSSR count). The Bertz CT molecular complexity index is 518. The Hall–Kier alpha value is -0.750. The molecule has 1 unspecified atom stereocenters. The molecule has 2 heterocycles. The zero-order valence-electron chi connectivity index (χ0n) is 11.7. The topological polar surface area (TPSA) is 6.48 Å². The van der Waals surface area contributed by atoms with Gasteiger partial charge in [0.1, 0.15) is 0 Å². The van der Waals surface area contributed by atoms with E-state index in [1.165, 1.54) is 18.9 Å². The van der Waals surface area contributed by atoms with E-state index in [4.69, 9.17) is 0 Å². The van der Waals surface area contributed by atoms with Gasteiger partial charge in [-0.2, -0.15) is 13.2 Å². The van der Waals surface area contributed by atoms with Crippen LogP contribution in [-0.4, -0.2) is 37.1 Å². The number of halogens is 4. The number of hydrogen-bond donors (Lipinski definition) is 0. The van der Waals surface area contributed by atoms with Crippen molar-refractivity contribution in [2.45, 2.75) is 31.5 Å². The van der Waals surface area contributed by atoms with Gasteiger partial charge in [0, 0.05) is 35.8 Å². The summed E-state index contributed by atoms with van der Waals surface area (Å²) in [6.07, 6.45) is -0.686. The number of fused-ring (bicyclic) bond motifs is 1. The summed E-state index contributed by atoms with van der Waals surface area (Å²) in [6.45, 7) is 3.70. The molecule has 2 aliphatic rings. The fourth-order valence-electron chi connectivity index (χ4n) is 3.31. The highest BCUT2D eigenvalue weighted by molar-refractivity contribution is 9.10. The van der Waals surface area contributed by atoms with Crippen LogP contribution in [0.4, 0.5) is 18.9 Å². The van der Waals surface area contributed by atoms with Crippen molar-refractivity contribution in [3.05, 3.63) is 28.2 Å². The molecular formula is C15H18BrF3N2. The predicted molar refractivity (Wildman–Crippen MR) is 80.6 cm³/mol. The fourth-order valence-corrected chi connectivity index (χ4v) is 3.79. The van der Waals surface area contributed by atoms with Crippen molar-refractivity contribution < 1.29 is 13.2 Å². The Morgan fingerprint density at radius 2 is 1.86 bits per heavy atom. The third-order valence-electron chi connectivity index (χ3n) is 4.41. The standard InChI is InChI=1S/C15H18BrF3N2/c16-12-7-11(15(17,18)19)8-14(9-12)21-6-5-20-4-2-1-3-13(20)10-21/h7-9,13H,1-6,10H2. The zero-order valence-corrected chi connectivity index (χ0v) is 13.3. The van der Waals surface area contributed by atoms with E-state index >= 15 is 0 Å². The van der Waals surface area contributed by atoms with Gasteiger partial charge in [-0.05, 0) is 37.6 Å². The van der Waals surface area contributed by atoms with Crippen LogP contribution in [0.5, 0.6) is 0 Å².